The third-order valence-corrected chi connectivity index (χ3v) is 5.26. The second-order valence-corrected chi connectivity index (χ2v) is 7.92. The first kappa shape index (κ1) is 23.9. The van der Waals surface area contributed by atoms with Crippen LogP contribution in [0.3, 0.4) is 0 Å². The number of unbranched alkanes of at least 4 members (excludes halogenated alkanes) is 11. The van der Waals surface area contributed by atoms with Gasteiger partial charge in [0.2, 0.25) is 0 Å². The highest BCUT2D eigenvalue weighted by Gasteiger charge is 2.04. The Balaban J connectivity index is 3.22. The monoisotopic (exact) mass is 340 g/mol. The highest BCUT2D eigenvalue weighted by atomic mass is 14.6. The van der Waals surface area contributed by atoms with E-state index in [1.54, 1.807) is 0 Å². The molecule has 0 aliphatic rings. The first-order valence-electron chi connectivity index (χ1n) is 11.2. The Hall–Kier alpha value is -0.0800. The molecule has 2 unspecified atom stereocenters. The quantitative estimate of drug-likeness (QED) is 0.257. The number of hydrogen-bond donors (Lipinski definition) is 2. The predicted molar refractivity (Wildman–Crippen MR) is 110 cm³/mol. The number of nitrogens with two attached hydrogens (primary N) is 2. The summed E-state index contributed by atoms with van der Waals surface area (Å²) in [5, 5.41) is 0. The van der Waals surface area contributed by atoms with Gasteiger partial charge >= 0.3 is 0 Å². The van der Waals surface area contributed by atoms with Crippen molar-refractivity contribution in [3.63, 3.8) is 0 Å². The van der Waals surface area contributed by atoms with Crippen LogP contribution in [0.5, 0.6) is 0 Å². The lowest BCUT2D eigenvalue weighted by atomic mass is 9.99. The zero-order valence-corrected chi connectivity index (χ0v) is 17.0. The maximum Gasteiger partial charge on any atom is 0.00388 e. The molecule has 2 heteroatoms. The molecule has 4 N–H and O–H groups in total. The SMILES string of the molecule is CCCCCCCCC(N)CCCCCCCC(N)CCCCC. The molecular weight excluding hydrogens is 292 g/mol. The second-order valence-electron chi connectivity index (χ2n) is 7.92. The molecule has 0 aliphatic carbocycles. The van der Waals surface area contributed by atoms with Crippen molar-refractivity contribution in [2.75, 3.05) is 0 Å². The molecular formula is C22H48N2. The van der Waals surface area contributed by atoms with Crippen LogP contribution < -0.4 is 11.5 Å². The third kappa shape index (κ3) is 18.3. The largest absolute Gasteiger partial charge is 0.328 e. The third-order valence-electron chi connectivity index (χ3n) is 5.26. The smallest absolute Gasteiger partial charge is 0.00388 e. The number of rotatable bonds is 19. The highest BCUT2D eigenvalue weighted by Crippen LogP contribution is 2.14. The van der Waals surface area contributed by atoms with Crippen LogP contribution in [0.2, 0.25) is 0 Å². The fourth-order valence-corrected chi connectivity index (χ4v) is 3.48. The van der Waals surface area contributed by atoms with Crippen molar-refractivity contribution in [2.45, 2.75) is 142 Å². The van der Waals surface area contributed by atoms with Crippen LogP contribution in [0.25, 0.3) is 0 Å². The van der Waals surface area contributed by atoms with Gasteiger partial charge in [-0.1, -0.05) is 104 Å². The summed E-state index contributed by atoms with van der Waals surface area (Å²) in [6.45, 7) is 4.53. The molecule has 2 nitrogen and oxygen atoms in total. The van der Waals surface area contributed by atoms with Gasteiger partial charge in [0.05, 0.1) is 0 Å². The second kappa shape index (κ2) is 19.2. The average molecular weight is 341 g/mol. The lowest BCUT2D eigenvalue weighted by molar-refractivity contribution is 0.470. The van der Waals surface area contributed by atoms with Gasteiger partial charge in [0, 0.05) is 12.1 Å². The van der Waals surface area contributed by atoms with Gasteiger partial charge in [0.25, 0.3) is 0 Å². The normalized spacial score (nSPS) is 14.0. The summed E-state index contributed by atoms with van der Waals surface area (Å²) in [5.41, 5.74) is 12.4. The maximum atomic E-state index is 6.24. The summed E-state index contributed by atoms with van der Waals surface area (Å²) >= 11 is 0. The minimum Gasteiger partial charge on any atom is -0.328 e. The molecule has 24 heavy (non-hydrogen) atoms. The summed E-state index contributed by atoms with van der Waals surface area (Å²) in [7, 11) is 0. The van der Waals surface area contributed by atoms with Crippen LogP contribution in [0, 0.1) is 0 Å². The van der Waals surface area contributed by atoms with Crippen LogP contribution in [0.4, 0.5) is 0 Å². The van der Waals surface area contributed by atoms with E-state index in [0.717, 1.165) is 0 Å². The van der Waals surface area contributed by atoms with Gasteiger partial charge in [-0.3, -0.25) is 0 Å². The fourth-order valence-electron chi connectivity index (χ4n) is 3.48. The van der Waals surface area contributed by atoms with Crippen molar-refractivity contribution in [1.82, 2.24) is 0 Å². The summed E-state index contributed by atoms with van der Waals surface area (Å²) in [5.74, 6) is 0. The lowest BCUT2D eigenvalue weighted by Crippen LogP contribution is -2.19. The minimum absolute atomic E-state index is 0.447. The molecule has 0 aromatic rings. The molecule has 0 amide bonds. The molecule has 0 saturated carbocycles. The van der Waals surface area contributed by atoms with Gasteiger partial charge in [-0.25, -0.2) is 0 Å². The van der Waals surface area contributed by atoms with E-state index >= 15 is 0 Å². The van der Waals surface area contributed by atoms with E-state index in [-0.39, 0.29) is 0 Å². The first-order valence-corrected chi connectivity index (χ1v) is 11.2. The van der Waals surface area contributed by atoms with Crippen molar-refractivity contribution in [3.05, 3.63) is 0 Å². The van der Waals surface area contributed by atoms with E-state index in [2.05, 4.69) is 13.8 Å². The first-order chi connectivity index (χ1) is 11.7. The minimum atomic E-state index is 0.447. The summed E-state index contributed by atoms with van der Waals surface area (Å²) < 4.78 is 0. The van der Waals surface area contributed by atoms with Gasteiger partial charge in [-0.05, 0) is 25.7 Å². The maximum absolute atomic E-state index is 6.24. The van der Waals surface area contributed by atoms with Crippen LogP contribution in [-0.2, 0) is 0 Å². The van der Waals surface area contributed by atoms with Crippen LogP contribution in [-0.4, -0.2) is 12.1 Å². The Morgan fingerprint density at radius 2 is 0.667 bits per heavy atom. The van der Waals surface area contributed by atoms with Crippen molar-refractivity contribution >= 4 is 0 Å². The molecule has 0 rings (SSSR count). The Bertz CT molecular complexity index is 230. The van der Waals surface area contributed by atoms with E-state index in [9.17, 15) is 0 Å². The molecule has 0 fully saturated rings. The molecule has 0 aliphatic heterocycles. The zero-order chi connectivity index (χ0) is 17.9. The van der Waals surface area contributed by atoms with Gasteiger partial charge in [-0.15, -0.1) is 0 Å². The topological polar surface area (TPSA) is 52.0 Å². The summed E-state index contributed by atoms with van der Waals surface area (Å²) in [6.07, 6.45) is 23.8. The fraction of sp³-hybridized carbons (Fsp3) is 1.00. The summed E-state index contributed by atoms with van der Waals surface area (Å²) in [6, 6.07) is 0.894. The standard InChI is InChI=1S/C22H48N2/c1-3-5-7-8-10-14-19-22(24)20-16-12-9-11-15-18-21(23)17-13-6-4-2/h21-22H,3-20,23-24H2,1-2H3. The van der Waals surface area contributed by atoms with Crippen molar-refractivity contribution in [3.8, 4) is 0 Å². The van der Waals surface area contributed by atoms with Crippen molar-refractivity contribution in [2.24, 2.45) is 11.5 Å². The Morgan fingerprint density at radius 1 is 0.417 bits per heavy atom. The molecule has 0 bridgehead atoms. The van der Waals surface area contributed by atoms with Crippen LogP contribution >= 0.6 is 0 Å². The highest BCUT2D eigenvalue weighted by molar-refractivity contribution is 4.63. The Kier molecular flexibility index (Phi) is 19.2. The molecule has 0 spiro atoms. The molecule has 0 saturated heterocycles. The van der Waals surface area contributed by atoms with Crippen molar-refractivity contribution in [1.29, 1.82) is 0 Å². The van der Waals surface area contributed by atoms with E-state index in [0.29, 0.717) is 12.1 Å². The van der Waals surface area contributed by atoms with Crippen LogP contribution in [0.15, 0.2) is 0 Å². The van der Waals surface area contributed by atoms with Gasteiger partial charge < -0.3 is 11.5 Å². The van der Waals surface area contributed by atoms with E-state index < -0.39 is 0 Å². The van der Waals surface area contributed by atoms with E-state index in [4.69, 9.17) is 11.5 Å². The van der Waals surface area contributed by atoms with E-state index in [1.165, 1.54) is 116 Å². The lowest BCUT2D eigenvalue weighted by Gasteiger charge is -2.12. The molecule has 0 heterocycles. The Morgan fingerprint density at radius 3 is 1.04 bits per heavy atom. The van der Waals surface area contributed by atoms with E-state index in [1.807, 2.05) is 0 Å². The average Bonchev–Trinajstić information content (AvgIpc) is 2.57. The number of hydrogen-bond acceptors (Lipinski definition) is 2. The molecule has 0 aromatic heterocycles. The molecule has 146 valence electrons. The van der Waals surface area contributed by atoms with Gasteiger partial charge in [0.15, 0.2) is 0 Å². The van der Waals surface area contributed by atoms with Crippen LogP contribution in [0.1, 0.15) is 129 Å². The molecule has 2 atom stereocenters. The van der Waals surface area contributed by atoms with Gasteiger partial charge in [0.1, 0.15) is 0 Å². The Labute approximate surface area is 153 Å². The zero-order valence-electron chi connectivity index (χ0n) is 17.0. The molecule has 0 aromatic carbocycles. The predicted octanol–water partition coefficient (Wildman–Crippen LogP) is 6.70. The summed E-state index contributed by atoms with van der Waals surface area (Å²) in [4.78, 5) is 0. The van der Waals surface area contributed by atoms with Gasteiger partial charge in [-0.2, -0.15) is 0 Å². The molecule has 0 radical (unpaired) electrons. The van der Waals surface area contributed by atoms with Crippen molar-refractivity contribution < 1.29 is 0 Å².